The molecule has 0 aliphatic rings. The van der Waals surface area contributed by atoms with Crippen molar-refractivity contribution >= 4 is 39.5 Å². The zero-order valence-electron chi connectivity index (χ0n) is 11.5. The van der Waals surface area contributed by atoms with E-state index in [9.17, 15) is 0 Å². The van der Waals surface area contributed by atoms with Crippen LogP contribution in [0.5, 0.6) is 0 Å². The third-order valence-corrected chi connectivity index (χ3v) is 3.34. The van der Waals surface area contributed by atoms with Crippen LogP contribution < -0.4 is 11.1 Å². The van der Waals surface area contributed by atoms with Gasteiger partial charge in [-0.2, -0.15) is 0 Å². The molecule has 2 aromatic heterocycles. The van der Waals surface area contributed by atoms with Gasteiger partial charge in [0.15, 0.2) is 0 Å². The number of aromatic nitrogens is 2. The molecule has 0 fully saturated rings. The van der Waals surface area contributed by atoms with Crippen LogP contribution in [0.3, 0.4) is 0 Å². The molecule has 3 N–H and O–H groups in total. The number of rotatable bonds is 3. The van der Waals surface area contributed by atoms with E-state index in [0.717, 1.165) is 28.0 Å². The maximum Gasteiger partial charge on any atom is 0.122 e. The van der Waals surface area contributed by atoms with Crippen LogP contribution in [-0.4, -0.2) is 15.0 Å². The first-order valence-corrected chi connectivity index (χ1v) is 6.93. The Labute approximate surface area is 128 Å². The van der Waals surface area contributed by atoms with Gasteiger partial charge in [-0.25, -0.2) is 0 Å². The Morgan fingerprint density at radius 3 is 2.81 bits per heavy atom. The van der Waals surface area contributed by atoms with E-state index in [1.54, 1.807) is 6.20 Å². The number of nitrogens with one attached hydrogen (secondary N) is 1. The van der Waals surface area contributed by atoms with Crippen LogP contribution in [0.2, 0.25) is 0 Å². The van der Waals surface area contributed by atoms with Gasteiger partial charge in [0.1, 0.15) is 4.99 Å². The van der Waals surface area contributed by atoms with Gasteiger partial charge in [0.25, 0.3) is 0 Å². The van der Waals surface area contributed by atoms with Crippen molar-refractivity contribution < 1.29 is 0 Å². The van der Waals surface area contributed by atoms with E-state index < -0.39 is 0 Å². The number of benzene rings is 1. The quantitative estimate of drug-likeness (QED) is 0.726. The number of para-hydroxylation sites is 1. The largest absolute Gasteiger partial charge is 0.388 e. The normalized spacial score (nSPS) is 10.5. The van der Waals surface area contributed by atoms with Gasteiger partial charge in [-0.1, -0.05) is 30.4 Å². The highest BCUT2D eigenvalue weighted by Crippen LogP contribution is 2.26. The van der Waals surface area contributed by atoms with Crippen molar-refractivity contribution in [2.75, 3.05) is 5.32 Å². The van der Waals surface area contributed by atoms with Crippen molar-refractivity contribution in [2.24, 2.45) is 5.73 Å². The van der Waals surface area contributed by atoms with Gasteiger partial charge in [0, 0.05) is 28.7 Å². The number of pyridine rings is 2. The van der Waals surface area contributed by atoms with Crippen molar-refractivity contribution in [2.45, 2.75) is 6.92 Å². The summed E-state index contributed by atoms with van der Waals surface area (Å²) in [5.74, 6) is 0. The molecule has 0 aliphatic carbocycles. The molecule has 0 saturated carbocycles. The molecule has 21 heavy (non-hydrogen) atoms. The Morgan fingerprint density at radius 1 is 1.19 bits per heavy atom. The molecule has 1 aromatic carbocycles. The highest BCUT2D eigenvalue weighted by Gasteiger charge is 2.05. The summed E-state index contributed by atoms with van der Waals surface area (Å²) in [7, 11) is 0. The Morgan fingerprint density at radius 2 is 2.00 bits per heavy atom. The fourth-order valence-corrected chi connectivity index (χ4v) is 2.32. The van der Waals surface area contributed by atoms with Gasteiger partial charge >= 0.3 is 0 Å². The van der Waals surface area contributed by atoms with Crippen LogP contribution in [0.4, 0.5) is 11.4 Å². The van der Waals surface area contributed by atoms with Crippen molar-refractivity contribution in [1.82, 2.24) is 9.97 Å². The molecule has 0 spiro atoms. The van der Waals surface area contributed by atoms with Gasteiger partial charge in [-0.3, -0.25) is 9.97 Å². The first kappa shape index (κ1) is 13.5. The van der Waals surface area contributed by atoms with Gasteiger partial charge in [-0.15, -0.1) is 0 Å². The highest BCUT2D eigenvalue weighted by molar-refractivity contribution is 7.80. The van der Waals surface area contributed by atoms with E-state index in [1.165, 1.54) is 0 Å². The lowest BCUT2D eigenvalue weighted by Gasteiger charge is -2.11. The molecule has 0 unspecified atom stereocenters. The molecule has 4 nitrogen and oxygen atoms in total. The van der Waals surface area contributed by atoms with E-state index in [1.807, 2.05) is 49.4 Å². The molecule has 3 rings (SSSR count). The lowest BCUT2D eigenvalue weighted by molar-refractivity contribution is 1.25. The smallest absolute Gasteiger partial charge is 0.122 e. The minimum absolute atomic E-state index is 0.286. The minimum Gasteiger partial charge on any atom is -0.388 e. The molecule has 104 valence electrons. The molecule has 0 aliphatic heterocycles. The maximum atomic E-state index is 5.62. The zero-order chi connectivity index (χ0) is 14.8. The molecule has 5 heteroatoms. The molecule has 3 aromatic rings. The SMILES string of the molecule is Cc1cc(Nc2ccnc(C(N)=S)c2)c2ccccc2n1. The molecular weight excluding hydrogens is 280 g/mol. The Balaban J connectivity index is 2.05. The molecule has 0 saturated heterocycles. The summed E-state index contributed by atoms with van der Waals surface area (Å²) < 4.78 is 0. The fraction of sp³-hybridized carbons (Fsp3) is 0.0625. The van der Waals surface area contributed by atoms with E-state index in [2.05, 4.69) is 15.3 Å². The summed E-state index contributed by atoms with van der Waals surface area (Å²) in [5, 5.41) is 4.45. The van der Waals surface area contributed by atoms with E-state index in [-0.39, 0.29) is 4.99 Å². The Bertz CT molecular complexity index is 829. The predicted octanol–water partition coefficient (Wildman–Crippen LogP) is 3.32. The van der Waals surface area contributed by atoms with E-state index >= 15 is 0 Å². The Kier molecular flexibility index (Phi) is 3.50. The molecule has 0 atom stereocenters. The topological polar surface area (TPSA) is 63.8 Å². The second-order valence-corrected chi connectivity index (χ2v) is 5.19. The number of aryl methyl sites for hydroxylation is 1. The van der Waals surface area contributed by atoms with E-state index in [4.69, 9.17) is 18.0 Å². The summed E-state index contributed by atoms with van der Waals surface area (Å²) in [5.41, 5.74) is 10.0. The summed E-state index contributed by atoms with van der Waals surface area (Å²) >= 11 is 4.96. The molecule has 0 radical (unpaired) electrons. The van der Waals surface area contributed by atoms with Crippen LogP contribution in [0.15, 0.2) is 48.7 Å². The summed E-state index contributed by atoms with van der Waals surface area (Å²) in [6.07, 6.45) is 1.69. The standard InChI is InChI=1S/C16H14N4S/c1-10-8-14(12-4-2-3-5-13(12)19-10)20-11-6-7-18-15(9-11)16(17)21/h2-9H,1H3,(H2,17,21)(H,18,19,20). The predicted molar refractivity (Wildman–Crippen MR) is 89.9 cm³/mol. The van der Waals surface area contributed by atoms with Crippen molar-refractivity contribution in [3.63, 3.8) is 0 Å². The lowest BCUT2D eigenvalue weighted by Crippen LogP contribution is -2.11. The molecule has 2 heterocycles. The van der Waals surface area contributed by atoms with Crippen LogP contribution in [0.25, 0.3) is 10.9 Å². The number of hydrogen-bond donors (Lipinski definition) is 2. The molecular formula is C16H14N4S. The fourth-order valence-electron chi connectivity index (χ4n) is 2.21. The van der Waals surface area contributed by atoms with Crippen molar-refractivity contribution in [3.8, 4) is 0 Å². The first-order valence-electron chi connectivity index (χ1n) is 6.53. The average molecular weight is 294 g/mol. The zero-order valence-corrected chi connectivity index (χ0v) is 12.3. The summed E-state index contributed by atoms with van der Waals surface area (Å²) in [4.78, 5) is 8.96. The number of hydrogen-bond acceptors (Lipinski definition) is 4. The van der Waals surface area contributed by atoms with Crippen LogP contribution in [-0.2, 0) is 0 Å². The Hall–Kier alpha value is -2.53. The van der Waals surface area contributed by atoms with Crippen molar-refractivity contribution in [1.29, 1.82) is 0 Å². The third kappa shape index (κ3) is 2.83. The molecule has 0 bridgehead atoms. The second-order valence-electron chi connectivity index (χ2n) is 4.75. The average Bonchev–Trinajstić information content (AvgIpc) is 2.47. The third-order valence-electron chi connectivity index (χ3n) is 3.14. The lowest BCUT2D eigenvalue weighted by atomic mass is 10.1. The number of fused-ring (bicyclic) bond motifs is 1. The minimum atomic E-state index is 0.286. The maximum absolute atomic E-state index is 5.62. The highest BCUT2D eigenvalue weighted by atomic mass is 32.1. The van der Waals surface area contributed by atoms with Gasteiger partial charge in [0.05, 0.1) is 11.2 Å². The number of anilines is 2. The van der Waals surface area contributed by atoms with Gasteiger partial charge < -0.3 is 11.1 Å². The van der Waals surface area contributed by atoms with Crippen LogP contribution >= 0.6 is 12.2 Å². The van der Waals surface area contributed by atoms with Gasteiger partial charge in [0.2, 0.25) is 0 Å². The van der Waals surface area contributed by atoms with Crippen LogP contribution in [0.1, 0.15) is 11.4 Å². The summed E-state index contributed by atoms with van der Waals surface area (Å²) in [6, 6.07) is 13.8. The van der Waals surface area contributed by atoms with Gasteiger partial charge in [-0.05, 0) is 31.2 Å². The van der Waals surface area contributed by atoms with E-state index in [0.29, 0.717) is 5.69 Å². The number of nitrogens with zero attached hydrogens (tertiary/aromatic N) is 2. The van der Waals surface area contributed by atoms with Crippen LogP contribution in [0, 0.1) is 6.92 Å². The number of thiocarbonyl (C=S) groups is 1. The first-order chi connectivity index (χ1) is 10.1. The van der Waals surface area contributed by atoms with Crippen molar-refractivity contribution in [3.05, 3.63) is 60.0 Å². The number of nitrogens with two attached hydrogens (primary N) is 1. The second kappa shape index (κ2) is 5.46. The summed E-state index contributed by atoms with van der Waals surface area (Å²) in [6.45, 7) is 1.98. The monoisotopic (exact) mass is 294 g/mol. The molecule has 0 amide bonds.